The molecule has 0 spiro atoms. The van der Waals surface area contributed by atoms with Gasteiger partial charge in [0.15, 0.2) is 0 Å². The summed E-state index contributed by atoms with van der Waals surface area (Å²) in [4.78, 5) is 0. The van der Waals surface area contributed by atoms with E-state index in [1.54, 1.807) is 0 Å². The van der Waals surface area contributed by atoms with E-state index in [1.807, 2.05) is 11.3 Å². The molecule has 0 atom stereocenters. The summed E-state index contributed by atoms with van der Waals surface area (Å²) in [6.45, 7) is 4.85. The first-order chi connectivity index (χ1) is 25.1. The largest absolute Gasteiger partial charge is 0.309 e. The van der Waals surface area contributed by atoms with E-state index in [1.165, 1.54) is 114 Å². The van der Waals surface area contributed by atoms with E-state index in [-0.39, 0.29) is 5.41 Å². The Bertz CT molecular complexity index is 3140. The highest BCUT2D eigenvalue weighted by Gasteiger charge is 2.40. The molecule has 12 rings (SSSR count). The van der Waals surface area contributed by atoms with E-state index in [9.17, 15) is 0 Å². The Labute approximate surface area is 299 Å². The summed E-state index contributed by atoms with van der Waals surface area (Å²) in [5.41, 5.74) is 17.1. The van der Waals surface area contributed by atoms with Gasteiger partial charge in [-0.05, 0) is 85.1 Å². The number of fused-ring (bicyclic) bond motifs is 15. The Hall–Kier alpha value is -5.96. The molecule has 8 aromatic carbocycles. The van der Waals surface area contributed by atoms with Gasteiger partial charge in [-0.3, -0.25) is 0 Å². The fourth-order valence-corrected chi connectivity index (χ4v) is 11.2. The average molecular weight is 666 g/mol. The maximum absolute atomic E-state index is 2.58. The highest BCUT2D eigenvalue weighted by Crippen LogP contribution is 2.59. The fraction of sp³-hybridized carbons (Fsp3) is 0.0612. The van der Waals surface area contributed by atoms with E-state index in [2.05, 4.69) is 170 Å². The number of aromatic nitrogens is 1. The third kappa shape index (κ3) is 3.41. The van der Waals surface area contributed by atoms with Gasteiger partial charge in [0.1, 0.15) is 0 Å². The van der Waals surface area contributed by atoms with Crippen molar-refractivity contribution in [2.24, 2.45) is 0 Å². The van der Waals surface area contributed by atoms with Crippen molar-refractivity contribution in [1.29, 1.82) is 0 Å². The van der Waals surface area contributed by atoms with Gasteiger partial charge < -0.3 is 4.57 Å². The highest BCUT2D eigenvalue weighted by molar-refractivity contribution is 7.26. The second-order valence-electron chi connectivity index (χ2n) is 14.8. The minimum absolute atomic E-state index is 0.134. The van der Waals surface area contributed by atoms with Crippen molar-refractivity contribution in [2.75, 3.05) is 0 Å². The quantitative estimate of drug-likeness (QED) is 0.173. The molecule has 2 heterocycles. The van der Waals surface area contributed by atoms with Crippen LogP contribution in [0, 0.1) is 0 Å². The smallest absolute Gasteiger partial charge is 0.0629 e. The number of benzene rings is 8. The standard InChI is InChI=1S/C49H31NS/c1-49(2)39-22-8-5-17-36(39)45-46(49)48-44(38-19-7-10-24-41(38)51-48)43-37-18-6-9-23-40(37)50(47(43)45)29-14-11-13-28(27-29)30-25-26-35-32-16-4-3-15-31(32)34-21-12-20-33(30)42(34)35/h3-27H,1-2H3. The summed E-state index contributed by atoms with van der Waals surface area (Å²) in [6.07, 6.45) is 0. The van der Waals surface area contributed by atoms with Crippen molar-refractivity contribution in [2.45, 2.75) is 19.3 Å². The topological polar surface area (TPSA) is 4.93 Å². The first-order valence-electron chi connectivity index (χ1n) is 17.9. The first kappa shape index (κ1) is 27.8. The third-order valence-electron chi connectivity index (χ3n) is 11.9. The van der Waals surface area contributed by atoms with Crippen molar-refractivity contribution < 1.29 is 0 Å². The van der Waals surface area contributed by atoms with Gasteiger partial charge in [-0.15, -0.1) is 11.3 Å². The number of rotatable bonds is 2. The van der Waals surface area contributed by atoms with Crippen LogP contribution in [0.3, 0.4) is 0 Å². The summed E-state index contributed by atoms with van der Waals surface area (Å²) in [7, 11) is 0. The Morgan fingerprint density at radius 2 is 1.14 bits per heavy atom. The number of hydrogen-bond acceptors (Lipinski definition) is 1. The normalized spacial score (nSPS) is 13.8. The lowest BCUT2D eigenvalue weighted by Crippen LogP contribution is -2.15. The van der Waals surface area contributed by atoms with E-state index in [0.717, 1.165) is 0 Å². The maximum Gasteiger partial charge on any atom is 0.0629 e. The zero-order chi connectivity index (χ0) is 33.6. The van der Waals surface area contributed by atoms with Gasteiger partial charge in [0.05, 0.1) is 11.0 Å². The summed E-state index contributed by atoms with van der Waals surface area (Å²) in [6, 6.07) is 56.8. The summed E-state index contributed by atoms with van der Waals surface area (Å²) in [5, 5.41) is 8.08. The molecule has 2 aliphatic carbocycles. The Kier molecular flexibility index (Phi) is 5.25. The molecule has 0 saturated heterocycles. The molecule has 2 aromatic heterocycles. The third-order valence-corrected chi connectivity index (χ3v) is 13.1. The molecule has 0 aliphatic heterocycles. The van der Waals surface area contributed by atoms with Gasteiger partial charge in [-0.2, -0.15) is 0 Å². The second kappa shape index (κ2) is 9.63. The summed E-state index contributed by atoms with van der Waals surface area (Å²) < 4.78 is 5.35. The molecular formula is C49H31NS. The van der Waals surface area contributed by atoms with Crippen molar-refractivity contribution in [3.8, 4) is 50.2 Å². The Balaban J connectivity index is 1.21. The lowest BCUT2D eigenvalue weighted by atomic mass is 9.81. The second-order valence-corrected chi connectivity index (χ2v) is 15.8. The number of para-hydroxylation sites is 1. The van der Waals surface area contributed by atoms with Crippen molar-refractivity contribution in [1.82, 2.24) is 4.57 Å². The minimum Gasteiger partial charge on any atom is -0.309 e. The number of hydrogen-bond donors (Lipinski definition) is 0. The average Bonchev–Trinajstić information content (AvgIpc) is 3.88. The van der Waals surface area contributed by atoms with Crippen LogP contribution in [0.5, 0.6) is 0 Å². The van der Waals surface area contributed by atoms with Gasteiger partial charge >= 0.3 is 0 Å². The number of nitrogens with zero attached hydrogens (tertiary/aromatic N) is 1. The lowest BCUT2D eigenvalue weighted by Gasteiger charge is -2.22. The Morgan fingerprint density at radius 3 is 2.00 bits per heavy atom. The molecular weight excluding hydrogens is 635 g/mol. The van der Waals surface area contributed by atoms with Crippen molar-refractivity contribution in [3.63, 3.8) is 0 Å². The van der Waals surface area contributed by atoms with Crippen LogP contribution in [-0.4, -0.2) is 4.57 Å². The molecule has 0 unspecified atom stereocenters. The summed E-state index contributed by atoms with van der Waals surface area (Å²) >= 11 is 1.96. The van der Waals surface area contributed by atoms with Crippen LogP contribution in [0.15, 0.2) is 152 Å². The fourth-order valence-electron chi connectivity index (χ4n) is 9.81. The van der Waals surface area contributed by atoms with E-state index < -0.39 is 0 Å². The van der Waals surface area contributed by atoms with Gasteiger partial charge in [-0.1, -0.05) is 141 Å². The molecule has 51 heavy (non-hydrogen) atoms. The monoisotopic (exact) mass is 665 g/mol. The first-order valence-corrected chi connectivity index (χ1v) is 18.7. The molecule has 0 bridgehead atoms. The van der Waals surface area contributed by atoms with Crippen LogP contribution in [0.2, 0.25) is 0 Å². The minimum atomic E-state index is -0.134. The zero-order valence-electron chi connectivity index (χ0n) is 28.3. The van der Waals surface area contributed by atoms with Crippen LogP contribution < -0.4 is 0 Å². The highest BCUT2D eigenvalue weighted by atomic mass is 32.1. The molecule has 2 aliphatic rings. The molecule has 0 N–H and O–H groups in total. The predicted octanol–water partition coefficient (Wildman–Crippen LogP) is 13.9. The zero-order valence-corrected chi connectivity index (χ0v) is 29.1. The summed E-state index contributed by atoms with van der Waals surface area (Å²) in [5.74, 6) is 0. The molecule has 0 radical (unpaired) electrons. The molecule has 238 valence electrons. The molecule has 1 nitrogen and oxygen atoms in total. The van der Waals surface area contributed by atoms with Gasteiger partial charge in [-0.25, -0.2) is 0 Å². The lowest BCUT2D eigenvalue weighted by molar-refractivity contribution is 0.667. The van der Waals surface area contributed by atoms with Crippen LogP contribution in [0.25, 0.3) is 103 Å². The van der Waals surface area contributed by atoms with Crippen LogP contribution in [0.1, 0.15) is 25.0 Å². The van der Waals surface area contributed by atoms with Crippen LogP contribution >= 0.6 is 11.3 Å². The molecule has 10 aromatic rings. The van der Waals surface area contributed by atoms with E-state index in [0.29, 0.717) is 0 Å². The SMILES string of the molecule is CC1(C)c2ccccc2-c2c1c1sc3ccccc3c1c1c3ccccc3n(-c3cccc(-c4ccc5c6c(cccc46)-c4ccccc4-5)c3)c21. The Morgan fingerprint density at radius 1 is 0.490 bits per heavy atom. The maximum atomic E-state index is 2.58. The van der Waals surface area contributed by atoms with Gasteiger partial charge in [0.25, 0.3) is 0 Å². The molecule has 2 heteroatoms. The van der Waals surface area contributed by atoms with Crippen molar-refractivity contribution in [3.05, 3.63) is 163 Å². The molecule has 0 amide bonds. The molecule has 0 saturated carbocycles. The van der Waals surface area contributed by atoms with Crippen LogP contribution in [-0.2, 0) is 5.41 Å². The van der Waals surface area contributed by atoms with Crippen molar-refractivity contribution >= 4 is 64.1 Å². The van der Waals surface area contributed by atoms with Crippen LogP contribution in [0.4, 0.5) is 0 Å². The van der Waals surface area contributed by atoms with E-state index in [4.69, 9.17) is 0 Å². The molecule has 0 fully saturated rings. The van der Waals surface area contributed by atoms with E-state index >= 15 is 0 Å². The number of thiophene rings is 1. The van der Waals surface area contributed by atoms with Gasteiger partial charge in [0, 0.05) is 47.6 Å². The predicted molar refractivity (Wildman–Crippen MR) is 219 cm³/mol. The van der Waals surface area contributed by atoms with Gasteiger partial charge in [0.2, 0.25) is 0 Å².